The van der Waals surface area contributed by atoms with E-state index in [9.17, 15) is 9.59 Å². The Morgan fingerprint density at radius 3 is 2.68 bits per heavy atom. The minimum absolute atomic E-state index is 0.161. The summed E-state index contributed by atoms with van der Waals surface area (Å²) in [6.07, 6.45) is 0. The molecule has 0 radical (unpaired) electrons. The van der Waals surface area contributed by atoms with Crippen LogP contribution in [-0.2, 0) is 11.3 Å². The zero-order valence-corrected chi connectivity index (χ0v) is 19.2. The van der Waals surface area contributed by atoms with Crippen molar-refractivity contribution in [2.75, 3.05) is 23.2 Å². The monoisotopic (exact) mass is 474 g/mol. The standard InChI is InChI=1S/C25H22N4O4S/c1-2-29-20-10-6-5-9-19(20)28-25(29)34-14-23(30)27-18-8-4-3-7-17(18)24(31)26-16-11-12-21-22(13-16)33-15-32-21/h3-13H,2,14-15H2,1H3,(H,26,31)(H,27,30). The quantitative estimate of drug-likeness (QED) is 0.375. The molecule has 2 amide bonds. The summed E-state index contributed by atoms with van der Waals surface area (Å²) in [5.74, 6) is 0.828. The molecular formula is C25H22N4O4S. The third kappa shape index (κ3) is 4.42. The Morgan fingerprint density at radius 1 is 1.00 bits per heavy atom. The lowest BCUT2D eigenvalue weighted by molar-refractivity contribution is -0.113. The van der Waals surface area contributed by atoms with Crippen LogP contribution in [-0.4, -0.2) is 33.9 Å². The molecule has 172 valence electrons. The van der Waals surface area contributed by atoms with Gasteiger partial charge < -0.3 is 24.7 Å². The highest BCUT2D eigenvalue weighted by molar-refractivity contribution is 7.99. The lowest BCUT2D eigenvalue weighted by Gasteiger charge is -2.12. The average molecular weight is 475 g/mol. The van der Waals surface area contributed by atoms with Gasteiger partial charge in [0.2, 0.25) is 12.7 Å². The Labute approximate surface area is 200 Å². The third-order valence-electron chi connectivity index (χ3n) is 5.34. The van der Waals surface area contributed by atoms with Gasteiger partial charge in [-0.3, -0.25) is 9.59 Å². The van der Waals surface area contributed by atoms with Gasteiger partial charge in [-0.05, 0) is 43.3 Å². The van der Waals surface area contributed by atoms with Crippen LogP contribution in [0.3, 0.4) is 0 Å². The zero-order chi connectivity index (χ0) is 23.5. The van der Waals surface area contributed by atoms with Gasteiger partial charge in [0, 0.05) is 18.3 Å². The number of aromatic nitrogens is 2. The number of amides is 2. The van der Waals surface area contributed by atoms with Gasteiger partial charge in [-0.15, -0.1) is 0 Å². The lowest BCUT2D eigenvalue weighted by Crippen LogP contribution is -2.19. The zero-order valence-electron chi connectivity index (χ0n) is 18.4. The number of nitrogens with one attached hydrogen (secondary N) is 2. The predicted molar refractivity (Wildman–Crippen MR) is 132 cm³/mol. The first-order chi connectivity index (χ1) is 16.6. The molecule has 0 atom stereocenters. The van der Waals surface area contributed by atoms with Crippen LogP contribution in [0.5, 0.6) is 11.5 Å². The van der Waals surface area contributed by atoms with Gasteiger partial charge in [-0.25, -0.2) is 4.98 Å². The van der Waals surface area contributed by atoms with Gasteiger partial charge in [0.15, 0.2) is 16.7 Å². The van der Waals surface area contributed by atoms with Crippen LogP contribution in [0, 0.1) is 0 Å². The van der Waals surface area contributed by atoms with Crippen LogP contribution >= 0.6 is 11.8 Å². The van der Waals surface area contributed by atoms with E-state index in [0.29, 0.717) is 28.4 Å². The number of thioether (sulfide) groups is 1. The van der Waals surface area contributed by atoms with Gasteiger partial charge >= 0.3 is 0 Å². The molecule has 0 bridgehead atoms. The number of benzene rings is 3. The van der Waals surface area contributed by atoms with E-state index in [0.717, 1.165) is 22.7 Å². The molecule has 1 aliphatic rings. The van der Waals surface area contributed by atoms with Crippen molar-refractivity contribution < 1.29 is 19.1 Å². The molecule has 0 unspecified atom stereocenters. The summed E-state index contributed by atoms with van der Waals surface area (Å²) in [6.45, 7) is 2.97. The number of hydrogen-bond donors (Lipinski definition) is 2. The second kappa shape index (κ2) is 9.48. The van der Waals surface area contributed by atoms with Crippen molar-refractivity contribution in [3.8, 4) is 11.5 Å². The number of carbonyl (C=O) groups excluding carboxylic acids is 2. The fourth-order valence-corrected chi connectivity index (χ4v) is 4.63. The van der Waals surface area contributed by atoms with Gasteiger partial charge in [0.05, 0.1) is 28.0 Å². The van der Waals surface area contributed by atoms with E-state index in [1.165, 1.54) is 11.8 Å². The number of carbonyl (C=O) groups is 2. The number of anilines is 2. The number of fused-ring (bicyclic) bond motifs is 2. The minimum Gasteiger partial charge on any atom is -0.454 e. The normalized spacial score (nSPS) is 12.0. The molecule has 4 aromatic rings. The Morgan fingerprint density at radius 2 is 1.79 bits per heavy atom. The van der Waals surface area contributed by atoms with Crippen LogP contribution < -0.4 is 20.1 Å². The summed E-state index contributed by atoms with van der Waals surface area (Å²) >= 11 is 1.37. The third-order valence-corrected chi connectivity index (χ3v) is 6.32. The van der Waals surface area contributed by atoms with Gasteiger partial charge in [-0.2, -0.15) is 0 Å². The van der Waals surface area contributed by atoms with E-state index >= 15 is 0 Å². The highest BCUT2D eigenvalue weighted by atomic mass is 32.2. The molecule has 8 nitrogen and oxygen atoms in total. The summed E-state index contributed by atoms with van der Waals surface area (Å²) in [5.41, 5.74) is 3.32. The van der Waals surface area contributed by atoms with Gasteiger partial charge in [0.25, 0.3) is 5.91 Å². The van der Waals surface area contributed by atoms with Crippen LogP contribution in [0.2, 0.25) is 0 Å². The minimum atomic E-state index is -0.338. The van der Waals surface area contributed by atoms with Crippen molar-refractivity contribution >= 4 is 46.0 Å². The first kappa shape index (κ1) is 21.8. The summed E-state index contributed by atoms with van der Waals surface area (Å²) in [7, 11) is 0. The Balaban J connectivity index is 1.26. The van der Waals surface area contributed by atoms with E-state index < -0.39 is 0 Å². The molecule has 1 aliphatic heterocycles. The molecule has 2 N–H and O–H groups in total. The SMILES string of the molecule is CCn1c(SCC(=O)Nc2ccccc2C(=O)Nc2ccc3c(c2)OCO3)nc2ccccc21. The van der Waals surface area contributed by atoms with Crippen molar-refractivity contribution in [1.82, 2.24) is 9.55 Å². The van der Waals surface area contributed by atoms with Crippen molar-refractivity contribution in [2.45, 2.75) is 18.6 Å². The topological polar surface area (TPSA) is 94.5 Å². The van der Waals surface area contributed by atoms with Crippen molar-refractivity contribution in [3.05, 3.63) is 72.3 Å². The van der Waals surface area contributed by atoms with Crippen molar-refractivity contribution in [2.24, 2.45) is 0 Å². The molecule has 0 saturated heterocycles. The van der Waals surface area contributed by atoms with E-state index in [1.807, 2.05) is 31.2 Å². The summed E-state index contributed by atoms with van der Waals surface area (Å²) in [6, 6.07) is 20.0. The number of rotatable bonds is 7. The number of ether oxygens (including phenoxy) is 2. The Hall–Kier alpha value is -3.98. The highest BCUT2D eigenvalue weighted by Crippen LogP contribution is 2.34. The van der Waals surface area contributed by atoms with Crippen molar-refractivity contribution in [3.63, 3.8) is 0 Å². The lowest BCUT2D eigenvalue weighted by atomic mass is 10.1. The van der Waals surface area contributed by atoms with E-state index in [-0.39, 0.29) is 24.4 Å². The summed E-state index contributed by atoms with van der Waals surface area (Å²) < 4.78 is 12.7. The van der Waals surface area contributed by atoms with Gasteiger partial charge in [0.1, 0.15) is 0 Å². The summed E-state index contributed by atoms with van der Waals surface area (Å²) in [4.78, 5) is 30.3. The molecule has 2 heterocycles. The van der Waals surface area contributed by atoms with Crippen LogP contribution in [0.15, 0.2) is 71.9 Å². The molecule has 34 heavy (non-hydrogen) atoms. The largest absolute Gasteiger partial charge is 0.454 e. The molecule has 5 rings (SSSR count). The maximum absolute atomic E-state index is 12.9. The molecule has 0 aliphatic carbocycles. The Kier molecular flexibility index (Phi) is 6.09. The first-order valence-electron chi connectivity index (χ1n) is 10.8. The maximum Gasteiger partial charge on any atom is 0.257 e. The molecule has 0 saturated carbocycles. The second-order valence-electron chi connectivity index (χ2n) is 7.53. The van der Waals surface area contributed by atoms with E-state index in [2.05, 4.69) is 20.2 Å². The molecule has 9 heteroatoms. The molecule has 1 aromatic heterocycles. The number of aryl methyl sites for hydroxylation is 1. The van der Waals surface area contributed by atoms with Crippen LogP contribution in [0.1, 0.15) is 17.3 Å². The Bertz CT molecular complexity index is 1380. The van der Waals surface area contributed by atoms with E-state index in [4.69, 9.17) is 9.47 Å². The number of hydrogen-bond acceptors (Lipinski definition) is 6. The fourth-order valence-electron chi connectivity index (χ4n) is 3.75. The molecule has 3 aromatic carbocycles. The predicted octanol–water partition coefficient (Wildman–Crippen LogP) is 4.77. The number of imidazole rings is 1. The molecular weight excluding hydrogens is 452 g/mol. The molecule has 0 fully saturated rings. The van der Waals surface area contributed by atoms with Crippen LogP contribution in [0.25, 0.3) is 11.0 Å². The van der Waals surface area contributed by atoms with Crippen LogP contribution in [0.4, 0.5) is 11.4 Å². The smallest absolute Gasteiger partial charge is 0.257 e. The molecule has 0 spiro atoms. The summed E-state index contributed by atoms with van der Waals surface area (Å²) in [5, 5.41) is 6.49. The number of para-hydroxylation sites is 3. The van der Waals surface area contributed by atoms with Gasteiger partial charge in [-0.1, -0.05) is 36.0 Å². The average Bonchev–Trinajstić information content (AvgIpc) is 3.46. The first-order valence-corrected chi connectivity index (χ1v) is 11.8. The number of nitrogens with zero attached hydrogens (tertiary/aromatic N) is 2. The second-order valence-corrected chi connectivity index (χ2v) is 8.47. The van der Waals surface area contributed by atoms with Crippen molar-refractivity contribution in [1.29, 1.82) is 0 Å². The fraction of sp³-hybridized carbons (Fsp3) is 0.160. The van der Waals surface area contributed by atoms with E-state index in [1.54, 1.807) is 42.5 Å². The maximum atomic E-state index is 12.9. The highest BCUT2D eigenvalue weighted by Gasteiger charge is 2.18.